The molecule has 43 heavy (non-hydrogen) atoms. The molecule has 6 heteroatoms. The molecule has 7 aromatic rings. The van der Waals surface area contributed by atoms with Crippen LogP contribution in [-0.4, -0.2) is 24.9 Å². The van der Waals surface area contributed by atoms with Crippen LogP contribution in [0.15, 0.2) is 151 Å². The lowest BCUT2D eigenvalue weighted by atomic mass is 10.0. The van der Waals surface area contributed by atoms with E-state index in [0.717, 1.165) is 54.5 Å². The molecule has 0 saturated heterocycles. The summed E-state index contributed by atoms with van der Waals surface area (Å²) >= 11 is 3.70. The molecule has 0 aliphatic rings. The summed E-state index contributed by atoms with van der Waals surface area (Å²) in [7, 11) is 0. The molecule has 0 aliphatic carbocycles. The number of halogens is 1. The highest BCUT2D eigenvalue weighted by Gasteiger charge is 2.14. The Bertz CT molecular complexity index is 1900. The predicted octanol–water partition coefficient (Wildman–Crippen LogP) is 9.43. The summed E-state index contributed by atoms with van der Waals surface area (Å²) in [6.45, 7) is 0. The van der Waals surface area contributed by atoms with Crippen LogP contribution in [0, 0.1) is 0 Å². The van der Waals surface area contributed by atoms with E-state index in [1.165, 1.54) is 0 Å². The molecular weight excluding hydrogens is 594 g/mol. The van der Waals surface area contributed by atoms with Crippen molar-refractivity contribution < 1.29 is 0 Å². The van der Waals surface area contributed by atoms with Gasteiger partial charge in [-0.2, -0.15) is 0 Å². The Labute approximate surface area is 258 Å². The van der Waals surface area contributed by atoms with Crippen LogP contribution in [0.25, 0.3) is 67.5 Å². The van der Waals surface area contributed by atoms with Crippen molar-refractivity contribution in [2.75, 3.05) is 0 Å². The highest BCUT2D eigenvalue weighted by atomic mass is 79.9. The first-order valence-electron chi connectivity index (χ1n) is 13.8. The minimum Gasteiger partial charge on any atom is -0.265 e. The topological polar surface area (TPSA) is 64.5 Å². The monoisotopic (exact) mass is 617 g/mol. The SMILES string of the molecule is Brc1cc(-c2ccncc2)cc(-c2nc(-c3ccc(-c4ccccc4)cc3)nc(-c3ccc(-c4cccnc4)cc3)n2)c1. The average molecular weight is 619 g/mol. The van der Waals surface area contributed by atoms with E-state index in [4.69, 9.17) is 15.0 Å². The number of pyridine rings is 2. The molecule has 0 unspecified atom stereocenters. The van der Waals surface area contributed by atoms with Gasteiger partial charge in [-0.3, -0.25) is 9.97 Å². The van der Waals surface area contributed by atoms with E-state index in [1.807, 2.05) is 66.9 Å². The quantitative estimate of drug-likeness (QED) is 0.186. The Morgan fingerprint density at radius 3 is 1.44 bits per heavy atom. The molecule has 7 rings (SSSR count). The summed E-state index contributed by atoms with van der Waals surface area (Å²) in [5, 5.41) is 0. The van der Waals surface area contributed by atoms with Crippen LogP contribution in [0.3, 0.4) is 0 Å². The van der Waals surface area contributed by atoms with E-state index in [0.29, 0.717) is 17.5 Å². The van der Waals surface area contributed by atoms with Crippen LogP contribution in [0.5, 0.6) is 0 Å². The highest BCUT2D eigenvalue weighted by Crippen LogP contribution is 2.32. The lowest BCUT2D eigenvalue weighted by Crippen LogP contribution is -2.00. The van der Waals surface area contributed by atoms with E-state index < -0.39 is 0 Å². The zero-order valence-corrected chi connectivity index (χ0v) is 24.6. The van der Waals surface area contributed by atoms with Crippen LogP contribution < -0.4 is 0 Å². The molecule has 4 aromatic carbocycles. The van der Waals surface area contributed by atoms with Gasteiger partial charge in [-0.05, 0) is 69.8 Å². The zero-order chi connectivity index (χ0) is 29.0. The first-order valence-corrected chi connectivity index (χ1v) is 14.6. The smallest absolute Gasteiger partial charge is 0.164 e. The first kappa shape index (κ1) is 26.6. The Kier molecular flexibility index (Phi) is 7.34. The van der Waals surface area contributed by atoms with Crippen molar-refractivity contribution in [3.63, 3.8) is 0 Å². The summed E-state index contributed by atoms with van der Waals surface area (Å²) in [4.78, 5) is 23.3. The molecule has 204 valence electrons. The summed E-state index contributed by atoms with van der Waals surface area (Å²) in [6.07, 6.45) is 7.23. The van der Waals surface area contributed by atoms with E-state index in [1.54, 1.807) is 18.6 Å². The highest BCUT2D eigenvalue weighted by molar-refractivity contribution is 9.10. The van der Waals surface area contributed by atoms with Crippen LogP contribution in [0.2, 0.25) is 0 Å². The Hall–Kier alpha value is -5.33. The Morgan fingerprint density at radius 2 is 0.837 bits per heavy atom. The van der Waals surface area contributed by atoms with Crippen LogP contribution >= 0.6 is 15.9 Å². The molecule has 0 radical (unpaired) electrons. The maximum absolute atomic E-state index is 4.98. The third-order valence-corrected chi connectivity index (χ3v) is 7.65. The van der Waals surface area contributed by atoms with Crippen LogP contribution in [-0.2, 0) is 0 Å². The molecule has 0 saturated carbocycles. The lowest BCUT2D eigenvalue weighted by molar-refractivity contribution is 1.07. The second kappa shape index (κ2) is 11.9. The molecule has 3 aromatic heterocycles. The molecule has 0 fully saturated rings. The van der Waals surface area contributed by atoms with Gasteiger partial charge in [-0.15, -0.1) is 0 Å². The second-order valence-electron chi connectivity index (χ2n) is 10.0. The van der Waals surface area contributed by atoms with Gasteiger partial charge in [-0.25, -0.2) is 15.0 Å². The van der Waals surface area contributed by atoms with Crippen molar-refractivity contribution in [3.05, 3.63) is 151 Å². The fourth-order valence-corrected chi connectivity index (χ4v) is 5.47. The van der Waals surface area contributed by atoms with Gasteiger partial charge in [0.15, 0.2) is 17.5 Å². The van der Waals surface area contributed by atoms with Crippen LogP contribution in [0.4, 0.5) is 0 Å². The minimum absolute atomic E-state index is 0.597. The largest absolute Gasteiger partial charge is 0.265 e. The van der Waals surface area contributed by atoms with E-state index in [2.05, 4.69) is 86.6 Å². The first-order chi connectivity index (χ1) is 21.2. The van der Waals surface area contributed by atoms with Crippen molar-refractivity contribution >= 4 is 15.9 Å². The normalized spacial score (nSPS) is 10.9. The second-order valence-corrected chi connectivity index (χ2v) is 10.9. The van der Waals surface area contributed by atoms with E-state index in [9.17, 15) is 0 Å². The third-order valence-electron chi connectivity index (χ3n) is 7.19. The molecule has 0 bridgehead atoms. The number of hydrogen-bond acceptors (Lipinski definition) is 5. The molecule has 0 atom stereocenters. The summed E-state index contributed by atoms with van der Waals surface area (Å²) in [6, 6.07) is 41.1. The number of rotatable bonds is 6. The summed E-state index contributed by atoms with van der Waals surface area (Å²) < 4.78 is 0.938. The van der Waals surface area contributed by atoms with Gasteiger partial charge in [0.2, 0.25) is 0 Å². The van der Waals surface area contributed by atoms with E-state index >= 15 is 0 Å². The van der Waals surface area contributed by atoms with Crippen LogP contribution in [0.1, 0.15) is 0 Å². The molecule has 0 spiro atoms. The summed E-state index contributed by atoms with van der Waals surface area (Å²) in [5.41, 5.74) is 9.26. The van der Waals surface area contributed by atoms with Crippen molar-refractivity contribution in [1.29, 1.82) is 0 Å². The molecule has 0 aliphatic heterocycles. The zero-order valence-electron chi connectivity index (χ0n) is 23.0. The molecule has 3 heterocycles. The standard InChI is InChI=1S/C37H24BrN5/c38-34-22-32(28-16-19-39-20-17-28)21-33(23-34)37-42-35(29-12-8-26(9-13-29)25-5-2-1-3-6-25)41-36(43-37)30-14-10-27(11-15-30)31-7-4-18-40-24-31/h1-24H. The van der Waals surface area contributed by atoms with Gasteiger partial charge in [-0.1, -0.05) is 101 Å². The Balaban J connectivity index is 1.34. The molecule has 5 nitrogen and oxygen atoms in total. The van der Waals surface area contributed by atoms with Crippen molar-refractivity contribution in [2.45, 2.75) is 0 Å². The number of hydrogen-bond donors (Lipinski definition) is 0. The Morgan fingerprint density at radius 1 is 0.349 bits per heavy atom. The third kappa shape index (κ3) is 5.87. The average Bonchev–Trinajstić information content (AvgIpc) is 3.09. The predicted molar refractivity (Wildman–Crippen MR) is 176 cm³/mol. The molecular formula is C37H24BrN5. The number of benzene rings is 4. The van der Waals surface area contributed by atoms with Gasteiger partial charge in [0.05, 0.1) is 0 Å². The van der Waals surface area contributed by atoms with Crippen molar-refractivity contribution in [1.82, 2.24) is 24.9 Å². The van der Waals surface area contributed by atoms with Gasteiger partial charge in [0.25, 0.3) is 0 Å². The fourth-order valence-electron chi connectivity index (χ4n) is 4.98. The minimum atomic E-state index is 0.597. The van der Waals surface area contributed by atoms with Gasteiger partial charge >= 0.3 is 0 Å². The number of aromatic nitrogens is 5. The molecule has 0 amide bonds. The van der Waals surface area contributed by atoms with E-state index in [-0.39, 0.29) is 0 Å². The maximum atomic E-state index is 4.98. The van der Waals surface area contributed by atoms with Gasteiger partial charge in [0, 0.05) is 46.0 Å². The maximum Gasteiger partial charge on any atom is 0.164 e. The van der Waals surface area contributed by atoms with Crippen molar-refractivity contribution in [2.24, 2.45) is 0 Å². The fraction of sp³-hybridized carbons (Fsp3) is 0. The van der Waals surface area contributed by atoms with Gasteiger partial charge in [0.1, 0.15) is 0 Å². The molecule has 0 N–H and O–H groups in total. The van der Waals surface area contributed by atoms with Crippen molar-refractivity contribution in [3.8, 4) is 67.5 Å². The van der Waals surface area contributed by atoms with Gasteiger partial charge < -0.3 is 0 Å². The lowest BCUT2D eigenvalue weighted by Gasteiger charge is -2.11. The number of nitrogens with zero attached hydrogens (tertiary/aromatic N) is 5. The summed E-state index contributed by atoms with van der Waals surface area (Å²) in [5.74, 6) is 1.82.